The highest BCUT2D eigenvalue weighted by molar-refractivity contribution is 7.99. The van der Waals surface area contributed by atoms with Gasteiger partial charge >= 0.3 is 6.18 Å². The van der Waals surface area contributed by atoms with E-state index < -0.39 is 11.7 Å². The number of hydrogen-bond acceptors (Lipinski definition) is 3. The van der Waals surface area contributed by atoms with E-state index in [0.717, 1.165) is 12.1 Å². The maximum atomic E-state index is 12.5. The van der Waals surface area contributed by atoms with Crippen LogP contribution in [0.2, 0.25) is 5.15 Å². The highest BCUT2D eigenvalue weighted by Gasteiger charge is 2.31. The topological polar surface area (TPSA) is 24.9 Å². The van der Waals surface area contributed by atoms with Crippen LogP contribution in [-0.2, 0) is 6.18 Å². The van der Waals surface area contributed by atoms with Crippen molar-refractivity contribution in [3.05, 3.63) is 22.8 Å². The number of aromatic nitrogens is 1. The lowest BCUT2D eigenvalue weighted by molar-refractivity contribution is -0.137. The molecule has 0 bridgehead atoms. The zero-order valence-corrected chi connectivity index (χ0v) is 10.9. The molecular formula is C10H12ClF3N2S. The van der Waals surface area contributed by atoms with Crippen LogP contribution in [0.25, 0.3) is 0 Å². The minimum Gasteiger partial charge on any atom is -0.369 e. The molecule has 0 radical (unpaired) electrons. The summed E-state index contributed by atoms with van der Waals surface area (Å²) < 4.78 is 37.5. The largest absolute Gasteiger partial charge is 0.416 e. The van der Waals surface area contributed by atoms with Gasteiger partial charge in [-0.15, -0.1) is 0 Å². The van der Waals surface area contributed by atoms with Crippen molar-refractivity contribution in [1.29, 1.82) is 0 Å². The molecule has 96 valence electrons. The summed E-state index contributed by atoms with van der Waals surface area (Å²) in [5, 5.41) is 2.95. The van der Waals surface area contributed by atoms with Gasteiger partial charge in [0.05, 0.1) is 5.56 Å². The Balaban J connectivity index is 2.83. The number of halogens is 4. The van der Waals surface area contributed by atoms with E-state index in [4.69, 9.17) is 11.6 Å². The summed E-state index contributed by atoms with van der Waals surface area (Å²) in [6.07, 6.45) is -2.48. The van der Waals surface area contributed by atoms with Crippen LogP contribution >= 0.6 is 23.4 Å². The molecule has 1 aromatic rings. The molecule has 0 aliphatic rings. The molecule has 1 N–H and O–H groups in total. The van der Waals surface area contributed by atoms with E-state index in [-0.39, 0.29) is 16.2 Å². The van der Waals surface area contributed by atoms with Gasteiger partial charge < -0.3 is 5.32 Å². The van der Waals surface area contributed by atoms with Crippen LogP contribution in [0.1, 0.15) is 12.5 Å². The molecule has 0 amide bonds. The average Bonchev–Trinajstić information content (AvgIpc) is 2.24. The zero-order valence-electron chi connectivity index (χ0n) is 9.31. The molecule has 0 aliphatic carbocycles. The number of anilines is 1. The van der Waals surface area contributed by atoms with E-state index >= 15 is 0 Å². The van der Waals surface area contributed by atoms with Crippen LogP contribution in [0.15, 0.2) is 12.1 Å². The van der Waals surface area contributed by atoms with Crippen LogP contribution in [-0.4, -0.2) is 23.0 Å². The van der Waals surface area contributed by atoms with Crippen molar-refractivity contribution < 1.29 is 13.2 Å². The van der Waals surface area contributed by atoms with Crippen molar-refractivity contribution in [1.82, 2.24) is 4.98 Å². The molecule has 7 heteroatoms. The summed E-state index contributed by atoms with van der Waals surface area (Å²) >= 11 is 7.16. The van der Waals surface area contributed by atoms with E-state index in [9.17, 15) is 13.2 Å². The predicted octanol–water partition coefficient (Wildman–Crippen LogP) is 3.92. The molecule has 1 rings (SSSR count). The molecule has 2 nitrogen and oxygen atoms in total. The predicted molar refractivity (Wildman–Crippen MR) is 65.7 cm³/mol. The summed E-state index contributed by atoms with van der Waals surface area (Å²) in [4.78, 5) is 3.80. The fraction of sp³-hybridized carbons (Fsp3) is 0.500. The summed E-state index contributed by atoms with van der Waals surface area (Å²) in [6.45, 7) is 2.50. The summed E-state index contributed by atoms with van der Waals surface area (Å²) in [7, 11) is 0. The van der Waals surface area contributed by atoms with Crippen molar-refractivity contribution in [2.75, 3.05) is 18.1 Å². The monoisotopic (exact) mass is 284 g/mol. The lowest BCUT2D eigenvalue weighted by Gasteiger charge is -2.13. The van der Waals surface area contributed by atoms with E-state index in [1.54, 1.807) is 11.8 Å². The third-order valence-electron chi connectivity index (χ3n) is 2.09. The van der Waals surface area contributed by atoms with Gasteiger partial charge in [-0.2, -0.15) is 24.9 Å². The van der Waals surface area contributed by atoms with Crippen LogP contribution in [0.3, 0.4) is 0 Å². The minimum absolute atomic E-state index is 0.144. The maximum absolute atomic E-state index is 12.5. The Labute approximate surface area is 107 Å². The maximum Gasteiger partial charge on any atom is 0.416 e. The van der Waals surface area contributed by atoms with Gasteiger partial charge in [-0.25, -0.2) is 4.98 Å². The van der Waals surface area contributed by atoms with Crippen LogP contribution < -0.4 is 5.32 Å². The molecule has 1 aromatic heterocycles. The van der Waals surface area contributed by atoms with E-state index in [0.29, 0.717) is 6.54 Å². The quantitative estimate of drug-likeness (QED) is 0.849. The number of thioether (sulfide) groups is 1. The minimum atomic E-state index is -4.41. The van der Waals surface area contributed by atoms with Gasteiger partial charge in [0.1, 0.15) is 11.0 Å². The van der Waals surface area contributed by atoms with E-state index in [1.165, 1.54) is 0 Å². The fourth-order valence-corrected chi connectivity index (χ4v) is 1.54. The third kappa shape index (κ3) is 4.63. The van der Waals surface area contributed by atoms with Crippen molar-refractivity contribution in [2.45, 2.75) is 18.3 Å². The van der Waals surface area contributed by atoms with Crippen LogP contribution in [0.4, 0.5) is 19.0 Å². The summed E-state index contributed by atoms with van der Waals surface area (Å²) in [5.74, 6) is 0.144. The first kappa shape index (κ1) is 14.4. The molecular weight excluding hydrogens is 273 g/mol. The lowest BCUT2D eigenvalue weighted by atomic mass is 10.2. The smallest absolute Gasteiger partial charge is 0.369 e. The zero-order chi connectivity index (χ0) is 13.1. The normalized spacial score (nSPS) is 13.5. The van der Waals surface area contributed by atoms with Gasteiger partial charge in [0.25, 0.3) is 0 Å². The highest BCUT2D eigenvalue weighted by Crippen LogP contribution is 2.31. The first-order valence-electron chi connectivity index (χ1n) is 4.84. The first-order valence-corrected chi connectivity index (χ1v) is 6.51. The fourth-order valence-electron chi connectivity index (χ4n) is 1.08. The molecule has 1 unspecified atom stereocenters. The molecule has 0 saturated carbocycles. The summed E-state index contributed by atoms with van der Waals surface area (Å²) in [5.41, 5.74) is -0.795. The molecule has 0 fully saturated rings. The second-order valence-electron chi connectivity index (χ2n) is 3.49. The van der Waals surface area contributed by atoms with Gasteiger partial charge in [0.2, 0.25) is 0 Å². The molecule has 0 spiro atoms. The molecule has 17 heavy (non-hydrogen) atoms. The molecule has 0 aliphatic heterocycles. The number of pyridine rings is 1. The SMILES string of the molecule is CSC(C)CNc1cc(C(F)(F)F)cc(Cl)n1. The highest BCUT2D eigenvalue weighted by atomic mass is 35.5. The lowest BCUT2D eigenvalue weighted by Crippen LogP contribution is -2.14. The number of alkyl halides is 3. The van der Waals surface area contributed by atoms with Gasteiger partial charge in [-0.05, 0) is 18.4 Å². The standard InChI is InChI=1S/C10H12ClF3N2S/c1-6(17-2)5-15-9-4-7(10(12,13)14)3-8(11)16-9/h3-4,6H,5H2,1-2H3,(H,15,16). The van der Waals surface area contributed by atoms with Crippen molar-refractivity contribution in [3.63, 3.8) is 0 Å². The van der Waals surface area contributed by atoms with E-state index in [2.05, 4.69) is 10.3 Å². The van der Waals surface area contributed by atoms with Crippen LogP contribution in [0.5, 0.6) is 0 Å². The first-order chi connectivity index (χ1) is 7.82. The Hall–Kier alpha value is -0.620. The van der Waals surface area contributed by atoms with Gasteiger partial charge in [0, 0.05) is 11.8 Å². The molecule has 0 aromatic carbocycles. The van der Waals surface area contributed by atoms with Crippen molar-refractivity contribution in [3.8, 4) is 0 Å². The van der Waals surface area contributed by atoms with Crippen molar-refractivity contribution in [2.24, 2.45) is 0 Å². The molecule has 1 atom stereocenters. The van der Waals surface area contributed by atoms with Gasteiger partial charge in [0.15, 0.2) is 0 Å². The number of nitrogens with zero attached hydrogens (tertiary/aromatic N) is 1. The molecule has 0 saturated heterocycles. The number of nitrogens with one attached hydrogen (secondary N) is 1. The van der Waals surface area contributed by atoms with Gasteiger partial charge in [-0.3, -0.25) is 0 Å². The average molecular weight is 285 g/mol. The summed E-state index contributed by atoms with van der Waals surface area (Å²) in [6, 6.07) is 1.77. The Morgan fingerprint density at radius 3 is 2.65 bits per heavy atom. The second-order valence-corrected chi connectivity index (χ2v) is 5.15. The van der Waals surface area contributed by atoms with Crippen molar-refractivity contribution >= 4 is 29.2 Å². The van der Waals surface area contributed by atoms with Gasteiger partial charge in [-0.1, -0.05) is 18.5 Å². The van der Waals surface area contributed by atoms with Crippen LogP contribution in [0, 0.1) is 0 Å². The number of rotatable bonds is 4. The Bertz CT molecular complexity index is 384. The third-order valence-corrected chi connectivity index (χ3v) is 3.26. The second kappa shape index (κ2) is 5.82. The Kier molecular flexibility index (Phi) is 4.94. The Morgan fingerprint density at radius 1 is 1.47 bits per heavy atom. The Morgan fingerprint density at radius 2 is 2.12 bits per heavy atom. The molecule has 1 heterocycles. The number of hydrogen-bond donors (Lipinski definition) is 1. The van der Waals surface area contributed by atoms with E-state index in [1.807, 2.05) is 13.2 Å².